The number of nitrogens with one attached hydrogen (secondary N) is 1. The summed E-state index contributed by atoms with van der Waals surface area (Å²) in [6, 6.07) is -0.404. The fourth-order valence-corrected chi connectivity index (χ4v) is 5.07. The summed E-state index contributed by atoms with van der Waals surface area (Å²) >= 11 is 1.11. The van der Waals surface area contributed by atoms with E-state index in [1.165, 1.54) is 6.42 Å². The number of allylic oxidation sites excluding steroid dienone is 2. The summed E-state index contributed by atoms with van der Waals surface area (Å²) < 4.78 is 36.2. The Labute approximate surface area is 117 Å². The average molecular weight is 299 g/mol. The van der Waals surface area contributed by atoms with Crippen molar-refractivity contribution in [2.24, 2.45) is 8.73 Å². The molecule has 1 saturated carbocycles. The number of hydrogen-bond donors (Lipinski definition) is 1. The molecule has 0 bridgehead atoms. The molecule has 0 aromatic rings. The fourth-order valence-electron chi connectivity index (χ4n) is 2.73. The van der Waals surface area contributed by atoms with Gasteiger partial charge in [-0.25, -0.2) is 21.9 Å². The van der Waals surface area contributed by atoms with Gasteiger partial charge in [-0.05, 0) is 18.9 Å². The molecular formula is C12H17N3O2S2. The van der Waals surface area contributed by atoms with Crippen LogP contribution in [0.3, 0.4) is 0 Å². The molecule has 1 heterocycles. The van der Waals surface area contributed by atoms with Crippen LogP contribution in [0.15, 0.2) is 31.9 Å². The third-order valence-electron chi connectivity index (χ3n) is 3.75. The monoisotopic (exact) mass is 299 g/mol. The van der Waals surface area contributed by atoms with Gasteiger partial charge in [-0.3, -0.25) is 0 Å². The van der Waals surface area contributed by atoms with Crippen molar-refractivity contribution in [3.8, 4) is 0 Å². The van der Waals surface area contributed by atoms with Crippen LogP contribution in [0.2, 0.25) is 0 Å². The normalized spacial score (nSPS) is 30.8. The Morgan fingerprint density at radius 3 is 2.79 bits per heavy atom. The third kappa shape index (κ3) is 2.73. The highest BCUT2D eigenvalue weighted by Gasteiger charge is 2.35. The first-order valence-electron chi connectivity index (χ1n) is 6.64. The molecule has 3 rings (SSSR count). The second-order valence-electron chi connectivity index (χ2n) is 5.14. The lowest BCUT2D eigenvalue weighted by atomic mass is 9.96. The van der Waals surface area contributed by atoms with E-state index in [1.807, 2.05) is 6.08 Å². The van der Waals surface area contributed by atoms with E-state index in [4.69, 9.17) is 0 Å². The minimum atomic E-state index is -3.44. The summed E-state index contributed by atoms with van der Waals surface area (Å²) in [5.74, 6) is 0. The van der Waals surface area contributed by atoms with E-state index in [-0.39, 0.29) is 18.1 Å². The molecule has 5 nitrogen and oxygen atoms in total. The molecule has 0 amide bonds. The highest BCUT2D eigenvalue weighted by molar-refractivity contribution is 7.93. The van der Waals surface area contributed by atoms with Crippen LogP contribution in [0.1, 0.15) is 32.1 Å². The van der Waals surface area contributed by atoms with E-state index in [1.54, 1.807) is 12.2 Å². The summed E-state index contributed by atoms with van der Waals surface area (Å²) in [6.07, 6.45) is 10.6. The average Bonchev–Trinajstić information content (AvgIpc) is 2.87. The van der Waals surface area contributed by atoms with Gasteiger partial charge >= 0.3 is 0 Å². The molecule has 0 aromatic heterocycles. The zero-order valence-electron chi connectivity index (χ0n) is 10.5. The molecule has 1 N–H and O–H groups in total. The molecule has 0 spiro atoms. The Balaban J connectivity index is 1.78. The standard InChI is InChI=1S/C12H17N3O2S2/c16-19(17,15-9-5-2-1-3-6-9)11-8-4-7-10-12(11)14-18-13-10/h4,7-10,12,15H,1-3,5-6H2/t10-,12-/m1/s1. The number of fused-ring (bicyclic) bond motifs is 1. The topological polar surface area (TPSA) is 70.9 Å². The van der Waals surface area contributed by atoms with Crippen LogP contribution in [0, 0.1) is 0 Å². The van der Waals surface area contributed by atoms with Gasteiger partial charge in [0.25, 0.3) is 0 Å². The van der Waals surface area contributed by atoms with E-state index in [9.17, 15) is 8.42 Å². The molecule has 1 fully saturated rings. The van der Waals surface area contributed by atoms with Crippen LogP contribution in [-0.2, 0) is 21.4 Å². The first-order valence-corrected chi connectivity index (χ1v) is 8.85. The van der Waals surface area contributed by atoms with Crippen molar-refractivity contribution in [3.05, 3.63) is 23.1 Å². The summed E-state index contributed by atoms with van der Waals surface area (Å²) in [6.45, 7) is 0. The van der Waals surface area contributed by atoms with Gasteiger partial charge < -0.3 is 0 Å². The molecular weight excluding hydrogens is 282 g/mol. The van der Waals surface area contributed by atoms with Gasteiger partial charge in [0.05, 0.1) is 16.3 Å². The minimum Gasteiger partial charge on any atom is -0.208 e. The van der Waals surface area contributed by atoms with E-state index in [0.29, 0.717) is 4.91 Å². The zero-order chi connectivity index (χ0) is 13.3. The summed E-state index contributed by atoms with van der Waals surface area (Å²) in [7, 11) is -3.44. The maximum Gasteiger partial charge on any atom is 0.239 e. The van der Waals surface area contributed by atoms with Gasteiger partial charge in [-0.2, -0.15) is 0 Å². The molecule has 7 heteroatoms. The quantitative estimate of drug-likeness (QED) is 0.864. The van der Waals surface area contributed by atoms with Crippen LogP contribution in [0.25, 0.3) is 0 Å². The third-order valence-corrected chi connectivity index (χ3v) is 6.05. The van der Waals surface area contributed by atoms with Crippen LogP contribution in [0.5, 0.6) is 0 Å². The van der Waals surface area contributed by atoms with Crippen LogP contribution >= 0.6 is 0 Å². The molecule has 2 aliphatic carbocycles. The molecule has 104 valence electrons. The highest BCUT2D eigenvalue weighted by Crippen LogP contribution is 2.27. The Bertz CT molecular complexity index is 582. The van der Waals surface area contributed by atoms with Crippen molar-refractivity contribution in [2.45, 2.75) is 50.2 Å². The molecule has 0 aromatic carbocycles. The van der Waals surface area contributed by atoms with Gasteiger partial charge in [-0.15, -0.1) is 0 Å². The lowest BCUT2D eigenvalue weighted by molar-refractivity contribution is 0.412. The van der Waals surface area contributed by atoms with E-state index >= 15 is 0 Å². The lowest BCUT2D eigenvalue weighted by Crippen LogP contribution is -2.40. The lowest BCUT2D eigenvalue weighted by Gasteiger charge is -2.25. The molecule has 19 heavy (non-hydrogen) atoms. The van der Waals surface area contributed by atoms with Crippen molar-refractivity contribution >= 4 is 21.4 Å². The van der Waals surface area contributed by atoms with Gasteiger partial charge in [0, 0.05) is 6.04 Å². The maximum absolute atomic E-state index is 12.5. The molecule has 0 unspecified atom stereocenters. The Morgan fingerprint density at radius 2 is 2.00 bits per heavy atom. The van der Waals surface area contributed by atoms with Crippen molar-refractivity contribution in [3.63, 3.8) is 0 Å². The number of hydrogen-bond acceptors (Lipinski definition) is 4. The van der Waals surface area contributed by atoms with Crippen molar-refractivity contribution in [2.75, 3.05) is 0 Å². The highest BCUT2D eigenvalue weighted by atomic mass is 32.2. The van der Waals surface area contributed by atoms with Crippen LogP contribution in [0.4, 0.5) is 0 Å². The van der Waals surface area contributed by atoms with Gasteiger partial charge in [0.1, 0.15) is 12.1 Å². The Hall–Kier alpha value is -0.790. The molecule has 2 atom stereocenters. The number of nitrogens with zero attached hydrogens (tertiary/aromatic N) is 2. The van der Waals surface area contributed by atoms with Gasteiger partial charge in [-0.1, -0.05) is 31.4 Å². The predicted octanol–water partition coefficient (Wildman–Crippen LogP) is 1.89. The molecule has 1 aliphatic heterocycles. The predicted molar refractivity (Wildman–Crippen MR) is 75.9 cm³/mol. The van der Waals surface area contributed by atoms with Gasteiger partial charge in [0.2, 0.25) is 10.0 Å². The van der Waals surface area contributed by atoms with Crippen molar-refractivity contribution in [1.82, 2.24) is 4.72 Å². The van der Waals surface area contributed by atoms with Crippen molar-refractivity contribution in [1.29, 1.82) is 0 Å². The summed E-state index contributed by atoms with van der Waals surface area (Å²) in [5.41, 5.74) is 0. The minimum absolute atomic E-state index is 0.0787. The maximum atomic E-state index is 12.5. The SMILES string of the molecule is O=S(=O)(NC1CCCCC1)C1=CC=C[C@H]2N=S=N[C@@H]12. The Kier molecular flexibility index (Phi) is 3.68. The summed E-state index contributed by atoms with van der Waals surface area (Å²) in [4.78, 5) is 0.360. The largest absolute Gasteiger partial charge is 0.239 e. The first kappa shape index (κ1) is 13.2. The molecule has 0 saturated heterocycles. The molecule has 3 aliphatic rings. The Morgan fingerprint density at radius 1 is 1.21 bits per heavy atom. The van der Waals surface area contributed by atoms with E-state index in [0.717, 1.165) is 37.0 Å². The zero-order valence-corrected chi connectivity index (χ0v) is 12.2. The number of rotatable bonds is 3. The first-order chi connectivity index (χ1) is 9.17. The second-order valence-corrected chi connectivity index (χ2v) is 7.44. The van der Waals surface area contributed by atoms with Crippen LogP contribution < -0.4 is 4.72 Å². The van der Waals surface area contributed by atoms with E-state index in [2.05, 4.69) is 13.4 Å². The van der Waals surface area contributed by atoms with Gasteiger partial charge in [0.15, 0.2) is 0 Å². The smallest absolute Gasteiger partial charge is 0.208 e. The fraction of sp³-hybridized carbons (Fsp3) is 0.667. The van der Waals surface area contributed by atoms with Crippen molar-refractivity contribution < 1.29 is 8.42 Å². The number of sulfonamides is 1. The van der Waals surface area contributed by atoms with Crippen LogP contribution in [-0.4, -0.2) is 26.5 Å². The van der Waals surface area contributed by atoms with E-state index < -0.39 is 10.0 Å². The second kappa shape index (κ2) is 5.30. The molecule has 0 radical (unpaired) electrons. The summed E-state index contributed by atoms with van der Waals surface area (Å²) in [5, 5.41) is 0.